The van der Waals surface area contributed by atoms with Crippen LogP contribution >= 0.6 is 0 Å². The van der Waals surface area contributed by atoms with Crippen LogP contribution in [-0.4, -0.2) is 31.5 Å². The molecule has 160 valence electrons. The minimum absolute atomic E-state index is 0.134. The van der Waals surface area contributed by atoms with Crippen molar-refractivity contribution in [3.63, 3.8) is 0 Å². The number of hydrogen-bond acceptors (Lipinski definition) is 4. The summed E-state index contributed by atoms with van der Waals surface area (Å²) in [4.78, 5) is 24.8. The van der Waals surface area contributed by atoms with E-state index in [1.807, 2.05) is 20.8 Å². The summed E-state index contributed by atoms with van der Waals surface area (Å²) < 4.78 is 24.6. The van der Waals surface area contributed by atoms with Crippen LogP contribution in [0.1, 0.15) is 49.5 Å². The molecular formula is C23H28N2O4S. The van der Waals surface area contributed by atoms with Gasteiger partial charge in [0.05, 0.1) is 17.1 Å². The first-order valence-electron chi connectivity index (χ1n) is 10.1. The molecule has 0 spiro atoms. The molecule has 0 radical (unpaired) electrons. The van der Waals surface area contributed by atoms with Crippen LogP contribution in [0.4, 0.5) is 5.69 Å². The van der Waals surface area contributed by atoms with Gasteiger partial charge in [0.25, 0.3) is 5.91 Å². The summed E-state index contributed by atoms with van der Waals surface area (Å²) in [5.74, 6) is 0.121. The van der Waals surface area contributed by atoms with E-state index in [0.29, 0.717) is 22.1 Å². The lowest BCUT2D eigenvalue weighted by Gasteiger charge is -2.20. The zero-order chi connectivity index (χ0) is 21.9. The fraction of sp³-hybridized carbons (Fsp3) is 0.391. The molecule has 0 aromatic heterocycles. The molecule has 0 atom stereocenters. The van der Waals surface area contributed by atoms with Gasteiger partial charge in [0, 0.05) is 16.8 Å². The molecule has 2 amide bonds. The molecule has 2 aromatic carbocycles. The van der Waals surface area contributed by atoms with Crippen LogP contribution in [-0.2, 0) is 21.1 Å². The fourth-order valence-electron chi connectivity index (χ4n) is 3.01. The third kappa shape index (κ3) is 6.42. The van der Waals surface area contributed by atoms with Crippen molar-refractivity contribution in [1.29, 1.82) is 0 Å². The molecule has 0 heterocycles. The standard InChI is InChI=1S/C23H28N2O4S/c1-23(2,3)25-22(27)18-8-10-19(11-9-18)24-21(26)14-16-6-12-20(13-7-16)30(28,29)15-17-4-5-17/h6-13,17H,4-5,14-15H2,1-3H3,(H,24,26)(H,25,27). The van der Waals surface area contributed by atoms with Gasteiger partial charge in [0.15, 0.2) is 9.84 Å². The Morgan fingerprint density at radius 2 is 1.57 bits per heavy atom. The van der Waals surface area contributed by atoms with Gasteiger partial charge in [-0.25, -0.2) is 8.42 Å². The summed E-state index contributed by atoms with van der Waals surface area (Å²) in [5.41, 5.74) is 1.53. The molecule has 3 rings (SSSR count). The molecule has 0 aliphatic heterocycles. The van der Waals surface area contributed by atoms with Crippen LogP contribution in [0.2, 0.25) is 0 Å². The van der Waals surface area contributed by atoms with Gasteiger partial charge in [0.1, 0.15) is 0 Å². The second-order valence-corrected chi connectivity index (χ2v) is 10.9. The summed E-state index contributed by atoms with van der Waals surface area (Å²) in [5, 5.41) is 5.68. The van der Waals surface area contributed by atoms with Crippen LogP contribution < -0.4 is 10.6 Å². The summed E-state index contributed by atoms with van der Waals surface area (Å²) in [6.07, 6.45) is 2.11. The zero-order valence-corrected chi connectivity index (χ0v) is 18.4. The maximum Gasteiger partial charge on any atom is 0.251 e. The lowest BCUT2D eigenvalue weighted by molar-refractivity contribution is -0.115. The third-order valence-electron chi connectivity index (χ3n) is 4.72. The van der Waals surface area contributed by atoms with E-state index in [0.717, 1.165) is 18.4 Å². The minimum atomic E-state index is -3.25. The Morgan fingerprint density at radius 1 is 0.967 bits per heavy atom. The molecule has 0 saturated heterocycles. The number of carbonyl (C=O) groups excluding carboxylic acids is 2. The smallest absolute Gasteiger partial charge is 0.251 e. The van der Waals surface area contributed by atoms with E-state index >= 15 is 0 Å². The van der Waals surface area contributed by atoms with Crippen molar-refractivity contribution in [3.8, 4) is 0 Å². The number of rotatable bonds is 7. The maximum atomic E-state index is 12.3. The van der Waals surface area contributed by atoms with E-state index < -0.39 is 9.84 Å². The van der Waals surface area contributed by atoms with Crippen molar-refractivity contribution >= 4 is 27.3 Å². The van der Waals surface area contributed by atoms with Gasteiger partial charge in [-0.15, -0.1) is 0 Å². The monoisotopic (exact) mass is 428 g/mol. The van der Waals surface area contributed by atoms with E-state index in [-0.39, 0.29) is 29.5 Å². The number of nitrogens with one attached hydrogen (secondary N) is 2. The second-order valence-electron chi connectivity index (χ2n) is 8.88. The quantitative estimate of drug-likeness (QED) is 0.705. The number of anilines is 1. The predicted octanol–water partition coefficient (Wildman–Crippen LogP) is 3.58. The largest absolute Gasteiger partial charge is 0.347 e. The highest BCUT2D eigenvalue weighted by Gasteiger charge is 2.29. The van der Waals surface area contributed by atoms with Crippen molar-refractivity contribution in [3.05, 3.63) is 59.7 Å². The second kappa shape index (κ2) is 8.60. The van der Waals surface area contributed by atoms with Crippen LogP contribution in [0.15, 0.2) is 53.4 Å². The zero-order valence-electron chi connectivity index (χ0n) is 17.6. The lowest BCUT2D eigenvalue weighted by atomic mass is 10.1. The first-order chi connectivity index (χ1) is 14.0. The van der Waals surface area contributed by atoms with Crippen molar-refractivity contribution < 1.29 is 18.0 Å². The topological polar surface area (TPSA) is 92.3 Å². The highest BCUT2D eigenvalue weighted by atomic mass is 32.2. The first-order valence-corrected chi connectivity index (χ1v) is 11.7. The summed E-state index contributed by atoms with van der Waals surface area (Å²) in [6.45, 7) is 5.73. The Bertz CT molecular complexity index is 1020. The molecule has 1 saturated carbocycles. The predicted molar refractivity (Wildman–Crippen MR) is 117 cm³/mol. The number of hydrogen-bond donors (Lipinski definition) is 2. The highest BCUT2D eigenvalue weighted by molar-refractivity contribution is 7.91. The number of carbonyl (C=O) groups is 2. The molecule has 30 heavy (non-hydrogen) atoms. The van der Waals surface area contributed by atoms with Gasteiger partial charge in [-0.1, -0.05) is 12.1 Å². The van der Waals surface area contributed by atoms with E-state index in [4.69, 9.17) is 0 Å². The molecule has 1 aliphatic carbocycles. The van der Waals surface area contributed by atoms with E-state index in [2.05, 4.69) is 10.6 Å². The molecule has 7 heteroatoms. The first kappa shape index (κ1) is 22.0. The molecule has 1 fully saturated rings. The molecule has 1 aliphatic rings. The van der Waals surface area contributed by atoms with Crippen LogP contribution in [0.3, 0.4) is 0 Å². The molecular weight excluding hydrogens is 400 g/mol. The Morgan fingerprint density at radius 3 is 2.10 bits per heavy atom. The SMILES string of the molecule is CC(C)(C)NC(=O)c1ccc(NC(=O)Cc2ccc(S(=O)(=O)CC3CC3)cc2)cc1. The Hall–Kier alpha value is -2.67. The molecule has 2 aromatic rings. The van der Waals surface area contributed by atoms with Gasteiger partial charge >= 0.3 is 0 Å². The Balaban J connectivity index is 1.55. The fourth-order valence-corrected chi connectivity index (χ4v) is 4.71. The van der Waals surface area contributed by atoms with E-state index in [1.165, 1.54) is 0 Å². The van der Waals surface area contributed by atoms with Gasteiger partial charge in [0.2, 0.25) is 5.91 Å². The van der Waals surface area contributed by atoms with Crippen molar-refractivity contribution in [2.24, 2.45) is 5.92 Å². The summed E-state index contributed by atoms with van der Waals surface area (Å²) in [6, 6.07) is 13.2. The van der Waals surface area contributed by atoms with Gasteiger partial charge in [-0.2, -0.15) is 0 Å². The Labute approximate surface area is 178 Å². The summed E-state index contributed by atoms with van der Waals surface area (Å²) in [7, 11) is -3.25. The van der Waals surface area contributed by atoms with Gasteiger partial charge < -0.3 is 10.6 Å². The van der Waals surface area contributed by atoms with Gasteiger partial charge in [-0.05, 0) is 81.5 Å². The number of benzene rings is 2. The minimum Gasteiger partial charge on any atom is -0.347 e. The average molecular weight is 429 g/mol. The van der Waals surface area contributed by atoms with E-state index in [1.54, 1.807) is 48.5 Å². The third-order valence-corrected chi connectivity index (χ3v) is 6.62. The van der Waals surface area contributed by atoms with Crippen molar-refractivity contribution in [2.75, 3.05) is 11.1 Å². The average Bonchev–Trinajstić information content (AvgIpc) is 3.44. The number of sulfone groups is 1. The summed E-state index contributed by atoms with van der Waals surface area (Å²) >= 11 is 0. The lowest BCUT2D eigenvalue weighted by Crippen LogP contribution is -2.40. The molecule has 2 N–H and O–H groups in total. The van der Waals surface area contributed by atoms with E-state index in [9.17, 15) is 18.0 Å². The van der Waals surface area contributed by atoms with Crippen LogP contribution in [0, 0.1) is 5.92 Å². The van der Waals surface area contributed by atoms with Crippen LogP contribution in [0.25, 0.3) is 0 Å². The highest BCUT2D eigenvalue weighted by Crippen LogP contribution is 2.32. The molecule has 0 bridgehead atoms. The van der Waals surface area contributed by atoms with Crippen molar-refractivity contribution in [2.45, 2.75) is 50.5 Å². The van der Waals surface area contributed by atoms with Crippen LogP contribution in [0.5, 0.6) is 0 Å². The normalized spacial score (nSPS) is 14.2. The maximum absolute atomic E-state index is 12.3. The number of amides is 2. The molecule has 6 nitrogen and oxygen atoms in total. The van der Waals surface area contributed by atoms with Crippen molar-refractivity contribution in [1.82, 2.24) is 5.32 Å². The molecule has 0 unspecified atom stereocenters. The Kier molecular flexibility index (Phi) is 6.31. The van der Waals surface area contributed by atoms with Gasteiger partial charge in [-0.3, -0.25) is 9.59 Å².